The highest BCUT2D eigenvalue weighted by Gasteiger charge is 2.60. The molecule has 1 fully saturated rings. The summed E-state index contributed by atoms with van der Waals surface area (Å²) in [6, 6.07) is 30.5. The number of para-hydroxylation sites is 3. The van der Waals surface area contributed by atoms with Gasteiger partial charge in [0.25, 0.3) is 0 Å². The number of carbonyl (C=O) groups is 2. The first-order chi connectivity index (χ1) is 19.5. The lowest BCUT2D eigenvalue weighted by Crippen LogP contribution is -2.52. The Morgan fingerprint density at radius 2 is 1.20 bits per heavy atom. The smallest absolute Gasteiger partial charge is 0.315 e. The summed E-state index contributed by atoms with van der Waals surface area (Å²) < 4.78 is 17.2. The molecule has 0 aromatic heterocycles. The van der Waals surface area contributed by atoms with Crippen molar-refractivity contribution in [2.24, 2.45) is 11.8 Å². The molecule has 5 rings (SSSR count). The van der Waals surface area contributed by atoms with Crippen LogP contribution in [0.1, 0.15) is 28.5 Å². The number of aliphatic carboxylic acids is 1. The van der Waals surface area contributed by atoms with Crippen LogP contribution in [0.25, 0.3) is 11.1 Å². The number of carboxylic acids is 1. The van der Waals surface area contributed by atoms with Crippen molar-refractivity contribution < 1.29 is 28.9 Å². The van der Waals surface area contributed by atoms with Gasteiger partial charge in [-0.3, -0.25) is 9.59 Å². The van der Waals surface area contributed by atoms with Crippen LogP contribution in [-0.4, -0.2) is 31.3 Å². The first-order valence-electron chi connectivity index (χ1n) is 12.8. The minimum atomic E-state index is -1.02. The van der Waals surface area contributed by atoms with Gasteiger partial charge in [-0.15, -0.1) is 0 Å². The summed E-state index contributed by atoms with van der Waals surface area (Å²) in [6.07, 6.45) is 0. The first-order valence-corrected chi connectivity index (χ1v) is 12.8. The van der Waals surface area contributed by atoms with Crippen LogP contribution in [0.4, 0.5) is 0 Å². The second-order valence-corrected chi connectivity index (χ2v) is 9.53. The fraction of sp³-hybridized carbons (Fsp3) is 0.182. The lowest BCUT2D eigenvalue weighted by atomic mass is 9.52. The van der Waals surface area contributed by atoms with Gasteiger partial charge in [-0.2, -0.15) is 5.26 Å². The Balaban J connectivity index is 1.59. The van der Waals surface area contributed by atoms with Gasteiger partial charge in [0.1, 0.15) is 17.2 Å². The van der Waals surface area contributed by atoms with Crippen LogP contribution in [-0.2, 0) is 9.59 Å². The van der Waals surface area contributed by atoms with Crippen LogP contribution in [0.5, 0.6) is 17.2 Å². The molecule has 0 spiro atoms. The normalized spacial score (nSPS) is 19.5. The van der Waals surface area contributed by atoms with E-state index in [0.29, 0.717) is 39.5 Å². The van der Waals surface area contributed by atoms with Gasteiger partial charge in [-0.1, -0.05) is 66.7 Å². The van der Waals surface area contributed by atoms with Crippen molar-refractivity contribution in [2.45, 2.75) is 11.8 Å². The molecule has 0 amide bonds. The van der Waals surface area contributed by atoms with Crippen molar-refractivity contribution in [3.8, 4) is 34.4 Å². The third-order valence-corrected chi connectivity index (χ3v) is 7.52. The molecule has 0 bridgehead atoms. The SMILES string of the molecule is COc1ccccc1C1C(C(=O)Oc2ccccc2-c2ccc(C#N)cc2)[C@@H](c2ccccc2OC)[C@H]1C(=O)O. The second kappa shape index (κ2) is 11.3. The predicted octanol–water partition coefficient (Wildman–Crippen LogP) is 6.05. The molecule has 4 aromatic rings. The summed E-state index contributed by atoms with van der Waals surface area (Å²) in [5, 5.41) is 19.6. The molecular weight excluding hydrogens is 506 g/mol. The van der Waals surface area contributed by atoms with E-state index in [2.05, 4.69) is 6.07 Å². The third-order valence-electron chi connectivity index (χ3n) is 7.52. The Morgan fingerprint density at radius 1 is 0.700 bits per heavy atom. The average molecular weight is 534 g/mol. The van der Waals surface area contributed by atoms with Crippen molar-refractivity contribution in [1.82, 2.24) is 0 Å². The van der Waals surface area contributed by atoms with E-state index in [1.165, 1.54) is 14.2 Å². The molecule has 4 atom stereocenters. The average Bonchev–Trinajstić information content (AvgIpc) is 2.97. The number of nitrogens with zero attached hydrogens (tertiary/aromatic N) is 1. The summed E-state index contributed by atoms with van der Waals surface area (Å²) in [5.74, 6) is -3.35. The van der Waals surface area contributed by atoms with E-state index in [-0.39, 0.29) is 0 Å². The van der Waals surface area contributed by atoms with Crippen molar-refractivity contribution >= 4 is 11.9 Å². The maximum absolute atomic E-state index is 14.1. The largest absolute Gasteiger partial charge is 0.496 e. The van der Waals surface area contributed by atoms with E-state index >= 15 is 0 Å². The first kappa shape index (κ1) is 26.5. The van der Waals surface area contributed by atoms with Crippen LogP contribution in [0.3, 0.4) is 0 Å². The zero-order valence-corrected chi connectivity index (χ0v) is 22.0. The van der Waals surface area contributed by atoms with Crippen LogP contribution in [0.15, 0.2) is 97.1 Å². The molecule has 0 aliphatic heterocycles. The zero-order chi connectivity index (χ0) is 28.2. The van der Waals surface area contributed by atoms with Crippen molar-refractivity contribution in [1.29, 1.82) is 5.26 Å². The summed E-state index contributed by atoms with van der Waals surface area (Å²) in [7, 11) is 3.04. The van der Waals surface area contributed by atoms with E-state index in [1.807, 2.05) is 12.1 Å². The maximum Gasteiger partial charge on any atom is 0.315 e. The van der Waals surface area contributed by atoms with Crippen LogP contribution >= 0.6 is 0 Å². The van der Waals surface area contributed by atoms with Gasteiger partial charge in [0.05, 0.1) is 37.7 Å². The molecule has 200 valence electrons. The van der Waals surface area contributed by atoms with Gasteiger partial charge in [0.2, 0.25) is 0 Å². The van der Waals surface area contributed by atoms with Gasteiger partial charge in [-0.05, 0) is 47.0 Å². The predicted molar refractivity (Wildman–Crippen MR) is 148 cm³/mol. The molecule has 4 aromatic carbocycles. The van der Waals surface area contributed by atoms with E-state index < -0.39 is 35.6 Å². The summed E-state index contributed by atoms with van der Waals surface area (Å²) >= 11 is 0. The van der Waals surface area contributed by atoms with Gasteiger partial charge in [-0.25, -0.2) is 0 Å². The van der Waals surface area contributed by atoms with Gasteiger partial charge in [0, 0.05) is 17.4 Å². The van der Waals surface area contributed by atoms with Crippen LogP contribution in [0, 0.1) is 23.2 Å². The van der Waals surface area contributed by atoms with E-state index in [0.717, 1.165) is 5.56 Å². The summed E-state index contributed by atoms with van der Waals surface area (Å²) in [6.45, 7) is 0. The minimum absolute atomic E-state index is 0.341. The Labute approximate surface area is 232 Å². The highest BCUT2D eigenvalue weighted by molar-refractivity contribution is 5.87. The molecule has 0 saturated heterocycles. The van der Waals surface area contributed by atoms with Crippen molar-refractivity contribution in [2.75, 3.05) is 14.2 Å². The number of carbonyl (C=O) groups excluding carboxylic acids is 1. The highest BCUT2D eigenvalue weighted by atomic mass is 16.5. The molecular formula is C33H27NO6. The third kappa shape index (κ3) is 4.76. The number of hydrogen-bond acceptors (Lipinski definition) is 6. The molecule has 1 aliphatic carbocycles. The molecule has 0 radical (unpaired) electrons. The van der Waals surface area contributed by atoms with Crippen LogP contribution in [0.2, 0.25) is 0 Å². The van der Waals surface area contributed by atoms with Gasteiger partial charge >= 0.3 is 11.9 Å². The molecule has 7 nitrogen and oxygen atoms in total. The number of methoxy groups -OCH3 is 2. The summed E-state index contributed by atoms with van der Waals surface area (Å²) in [4.78, 5) is 26.8. The van der Waals surface area contributed by atoms with Crippen molar-refractivity contribution in [3.63, 3.8) is 0 Å². The lowest BCUT2D eigenvalue weighted by molar-refractivity contribution is -0.158. The fourth-order valence-corrected chi connectivity index (χ4v) is 5.70. The number of ether oxygens (including phenoxy) is 3. The molecule has 1 saturated carbocycles. The number of hydrogen-bond donors (Lipinski definition) is 1. The molecule has 0 heterocycles. The molecule has 40 heavy (non-hydrogen) atoms. The number of carboxylic acid groups (broad SMARTS) is 1. The quantitative estimate of drug-likeness (QED) is 0.217. The topological polar surface area (TPSA) is 106 Å². The zero-order valence-electron chi connectivity index (χ0n) is 22.0. The maximum atomic E-state index is 14.1. The standard InChI is InChI=1S/C33H27NO6/c1-38-25-12-6-4-10-23(25)28-30(32(35)36)29(24-11-5-7-13-26(24)39-2)31(28)33(37)40-27-14-8-3-9-22(27)21-17-15-20(19-34)16-18-21/h3-18,28-31H,1-2H3,(H,35,36)/t28-,29?,30+,31?/m0/s1. The number of rotatable bonds is 8. The Kier molecular flexibility index (Phi) is 7.52. The monoisotopic (exact) mass is 533 g/mol. The fourth-order valence-electron chi connectivity index (χ4n) is 5.70. The summed E-state index contributed by atoms with van der Waals surface area (Å²) in [5.41, 5.74) is 3.24. The minimum Gasteiger partial charge on any atom is -0.496 e. The lowest BCUT2D eigenvalue weighted by Gasteiger charge is -2.49. The number of esters is 1. The molecule has 2 unspecified atom stereocenters. The molecule has 1 N–H and O–H groups in total. The highest BCUT2D eigenvalue weighted by Crippen LogP contribution is 2.60. The van der Waals surface area contributed by atoms with Crippen LogP contribution < -0.4 is 14.2 Å². The Hall–Kier alpha value is -5.09. The van der Waals surface area contributed by atoms with Crippen molar-refractivity contribution in [3.05, 3.63) is 114 Å². The molecule has 1 aliphatic rings. The number of benzene rings is 4. The van der Waals surface area contributed by atoms with E-state index in [9.17, 15) is 14.7 Å². The van der Waals surface area contributed by atoms with E-state index in [1.54, 1.807) is 84.9 Å². The van der Waals surface area contributed by atoms with Gasteiger partial charge < -0.3 is 19.3 Å². The second-order valence-electron chi connectivity index (χ2n) is 9.53. The Bertz CT molecular complexity index is 1530. The van der Waals surface area contributed by atoms with E-state index in [4.69, 9.17) is 19.5 Å². The van der Waals surface area contributed by atoms with Gasteiger partial charge in [0.15, 0.2) is 0 Å². The Morgan fingerprint density at radius 3 is 1.70 bits per heavy atom. The molecule has 7 heteroatoms. The number of nitriles is 1.